The first kappa shape index (κ1) is 14.8. The molecule has 7 heteroatoms. The van der Waals surface area contributed by atoms with Crippen LogP contribution in [0.3, 0.4) is 0 Å². The molecular formula is C16H15FN4O2. The summed E-state index contributed by atoms with van der Waals surface area (Å²) in [5.41, 5.74) is 8.40. The van der Waals surface area contributed by atoms with Crippen molar-refractivity contribution in [2.75, 3.05) is 18.2 Å². The standard InChI is InChI=1S/C16H15FN4O2/c1-23-16(22)14-5-10-4-13(8-20-15(10)21-14)19-7-9-2-11(17)6-12(18)3-9/h2-6,8,19H,7,18H2,1H3,(H,20,21). The number of carbonyl (C=O) groups excluding carboxylic acids is 1. The van der Waals surface area contributed by atoms with Gasteiger partial charge in [-0.05, 0) is 35.9 Å². The van der Waals surface area contributed by atoms with Crippen LogP contribution in [0.15, 0.2) is 36.5 Å². The zero-order valence-corrected chi connectivity index (χ0v) is 12.4. The Morgan fingerprint density at radius 3 is 2.91 bits per heavy atom. The van der Waals surface area contributed by atoms with E-state index in [1.165, 1.54) is 19.2 Å². The number of H-pyrrole nitrogens is 1. The minimum absolute atomic E-state index is 0.338. The molecule has 2 heterocycles. The number of halogens is 1. The van der Waals surface area contributed by atoms with Crippen molar-refractivity contribution in [1.82, 2.24) is 9.97 Å². The fraction of sp³-hybridized carbons (Fsp3) is 0.125. The number of fused-ring (bicyclic) bond motifs is 1. The largest absolute Gasteiger partial charge is 0.464 e. The fourth-order valence-electron chi connectivity index (χ4n) is 2.31. The third-order valence-electron chi connectivity index (χ3n) is 3.35. The van der Waals surface area contributed by atoms with Crippen LogP contribution in [0.1, 0.15) is 16.1 Å². The zero-order chi connectivity index (χ0) is 16.4. The van der Waals surface area contributed by atoms with Gasteiger partial charge in [-0.3, -0.25) is 0 Å². The van der Waals surface area contributed by atoms with Gasteiger partial charge in [0.2, 0.25) is 0 Å². The molecule has 23 heavy (non-hydrogen) atoms. The summed E-state index contributed by atoms with van der Waals surface area (Å²) in [5.74, 6) is -0.823. The van der Waals surface area contributed by atoms with Gasteiger partial charge in [0.1, 0.15) is 17.2 Å². The summed E-state index contributed by atoms with van der Waals surface area (Å²) in [4.78, 5) is 18.6. The van der Waals surface area contributed by atoms with E-state index >= 15 is 0 Å². The number of anilines is 2. The third kappa shape index (κ3) is 3.23. The highest BCUT2D eigenvalue weighted by atomic mass is 19.1. The first-order valence-electron chi connectivity index (χ1n) is 6.91. The number of carbonyl (C=O) groups is 1. The SMILES string of the molecule is COC(=O)c1cc2cc(NCc3cc(N)cc(F)c3)cnc2[nH]1. The zero-order valence-electron chi connectivity index (χ0n) is 12.4. The lowest BCUT2D eigenvalue weighted by molar-refractivity contribution is 0.0595. The summed E-state index contributed by atoms with van der Waals surface area (Å²) in [6, 6.07) is 7.90. The van der Waals surface area contributed by atoms with Crippen LogP contribution < -0.4 is 11.1 Å². The molecule has 2 aromatic heterocycles. The van der Waals surface area contributed by atoms with E-state index in [2.05, 4.69) is 20.0 Å². The van der Waals surface area contributed by atoms with E-state index in [-0.39, 0.29) is 5.82 Å². The van der Waals surface area contributed by atoms with E-state index in [1.54, 1.807) is 18.3 Å². The lowest BCUT2D eigenvalue weighted by atomic mass is 10.2. The predicted octanol–water partition coefficient (Wildman–Crippen LogP) is 2.68. The Morgan fingerprint density at radius 1 is 1.35 bits per heavy atom. The molecule has 0 atom stereocenters. The second-order valence-electron chi connectivity index (χ2n) is 5.08. The number of nitrogens with zero attached hydrogens (tertiary/aromatic N) is 1. The van der Waals surface area contributed by atoms with Gasteiger partial charge in [-0.25, -0.2) is 14.2 Å². The molecule has 0 aliphatic rings. The first-order valence-corrected chi connectivity index (χ1v) is 6.91. The number of hydrogen-bond donors (Lipinski definition) is 3. The Kier molecular flexibility index (Phi) is 3.84. The number of aromatic nitrogens is 2. The van der Waals surface area contributed by atoms with Gasteiger partial charge in [0.15, 0.2) is 0 Å². The molecule has 0 radical (unpaired) electrons. The summed E-state index contributed by atoms with van der Waals surface area (Å²) in [5, 5.41) is 3.92. The number of nitrogen functional groups attached to an aromatic ring is 1. The van der Waals surface area contributed by atoms with Gasteiger partial charge < -0.3 is 20.8 Å². The molecule has 0 bridgehead atoms. The Hall–Kier alpha value is -3.09. The normalized spacial score (nSPS) is 10.7. The number of nitrogens with two attached hydrogens (primary N) is 1. The van der Waals surface area contributed by atoms with Crippen LogP contribution in [0.2, 0.25) is 0 Å². The number of hydrogen-bond acceptors (Lipinski definition) is 5. The van der Waals surface area contributed by atoms with Crippen molar-refractivity contribution in [3.05, 3.63) is 53.6 Å². The Morgan fingerprint density at radius 2 is 2.17 bits per heavy atom. The van der Waals surface area contributed by atoms with Crippen LogP contribution in [0, 0.1) is 5.82 Å². The highest BCUT2D eigenvalue weighted by Crippen LogP contribution is 2.19. The molecule has 3 rings (SSSR count). The summed E-state index contributed by atoms with van der Waals surface area (Å²) in [6.07, 6.45) is 1.63. The molecule has 0 unspecified atom stereocenters. The highest BCUT2D eigenvalue weighted by molar-refractivity contribution is 5.94. The maximum Gasteiger partial charge on any atom is 0.354 e. The minimum atomic E-state index is -0.451. The Labute approximate surface area is 131 Å². The van der Waals surface area contributed by atoms with E-state index in [0.717, 1.165) is 16.6 Å². The van der Waals surface area contributed by atoms with E-state index in [4.69, 9.17) is 5.73 Å². The monoisotopic (exact) mass is 314 g/mol. The molecule has 6 nitrogen and oxygen atoms in total. The van der Waals surface area contributed by atoms with Crippen LogP contribution in [0.25, 0.3) is 11.0 Å². The van der Waals surface area contributed by atoms with Crippen molar-refractivity contribution in [2.24, 2.45) is 0 Å². The average Bonchev–Trinajstić information content (AvgIpc) is 2.94. The molecule has 0 fully saturated rings. The number of benzene rings is 1. The summed E-state index contributed by atoms with van der Waals surface area (Å²) >= 11 is 0. The van der Waals surface area contributed by atoms with Crippen LogP contribution in [0.5, 0.6) is 0 Å². The molecule has 3 aromatic rings. The van der Waals surface area contributed by atoms with E-state index in [1.807, 2.05) is 6.07 Å². The molecule has 1 aromatic carbocycles. The molecule has 4 N–H and O–H groups in total. The third-order valence-corrected chi connectivity index (χ3v) is 3.35. The van der Waals surface area contributed by atoms with Gasteiger partial charge in [0.05, 0.1) is 19.0 Å². The summed E-state index contributed by atoms with van der Waals surface area (Å²) < 4.78 is 18.0. The Balaban J connectivity index is 1.79. The lowest BCUT2D eigenvalue weighted by Crippen LogP contribution is -2.01. The van der Waals surface area contributed by atoms with Gasteiger partial charge in [0, 0.05) is 17.6 Å². The van der Waals surface area contributed by atoms with Crippen molar-refractivity contribution >= 4 is 28.4 Å². The molecule has 0 saturated heterocycles. The van der Waals surface area contributed by atoms with Crippen LogP contribution in [-0.2, 0) is 11.3 Å². The van der Waals surface area contributed by atoms with Crippen molar-refractivity contribution in [3.8, 4) is 0 Å². The fourth-order valence-corrected chi connectivity index (χ4v) is 2.31. The molecule has 118 valence electrons. The second kappa shape index (κ2) is 5.96. The van der Waals surface area contributed by atoms with Crippen molar-refractivity contribution < 1.29 is 13.9 Å². The number of methoxy groups -OCH3 is 1. The van der Waals surface area contributed by atoms with Gasteiger partial charge in [0.25, 0.3) is 0 Å². The summed E-state index contributed by atoms with van der Waals surface area (Å²) in [7, 11) is 1.32. The maximum absolute atomic E-state index is 13.3. The van der Waals surface area contributed by atoms with Crippen molar-refractivity contribution in [2.45, 2.75) is 6.54 Å². The molecule has 0 saturated carbocycles. The van der Waals surface area contributed by atoms with Crippen molar-refractivity contribution in [1.29, 1.82) is 0 Å². The smallest absolute Gasteiger partial charge is 0.354 e. The van der Waals surface area contributed by atoms with Crippen molar-refractivity contribution in [3.63, 3.8) is 0 Å². The number of nitrogens with one attached hydrogen (secondary N) is 2. The number of esters is 1. The Bertz CT molecular complexity index is 855. The predicted molar refractivity (Wildman–Crippen MR) is 85.6 cm³/mol. The van der Waals surface area contributed by atoms with E-state index in [9.17, 15) is 9.18 Å². The number of pyridine rings is 1. The molecule has 0 aliphatic heterocycles. The van der Waals surface area contributed by atoms with Gasteiger partial charge in [-0.2, -0.15) is 0 Å². The molecule has 0 amide bonds. The number of rotatable bonds is 4. The molecule has 0 aliphatic carbocycles. The molecule has 0 spiro atoms. The minimum Gasteiger partial charge on any atom is -0.464 e. The maximum atomic E-state index is 13.3. The van der Waals surface area contributed by atoms with Crippen LogP contribution in [-0.4, -0.2) is 23.0 Å². The quantitative estimate of drug-likeness (QED) is 0.508. The van der Waals surface area contributed by atoms with Gasteiger partial charge in [-0.15, -0.1) is 0 Å². The first-order chi connectivity index (χ1) is 11.0. The highest BCUT2D eigenvalue weighted by Gasteiger charge is 2.10. The van der Waals surface area contributed by atoms with Gasteiger partial charge in [-0.1, -0.05) is 0 Å². The van der Waals surface area contributed by atoms with E-state index < -0.39 is 5.97 Å². The topological polar surface area (TPSA) is 93.0 Å². The van der Waals surface area contributed by atoms with E-state index in [0.29, 0.717) is 23.6 Å². The van der Waals surface area contributed by atoms with Gasteiger partial charge >= 0.3 is 5.97 Å². The lowest BCUT2D eigenvalue weighted by Gasteiger charge is -2.07. The number of ether oxygens (including phenoxy) is 1. The average molecular weight is 314 g/mol. The second-order valence-corrected chi connectivity index (χ2v) is 5.08. The number of aromatic amines is 1. The van der Waals surface area contributed by atoms with Crippen LogP contribution in [0.4, 0.5) is 15.8 Å². The summed E-state index contributed by atoms with van der Waals surface area (Å²) in [6.45, 7) is 0.406. The van der Waals surface area contributed by atoms with Crippen LogP contribution >= 0.6 is 0 Å². The molecular weight excluding hydrogens is 299 g/mol.